The van der Waals surface area contributed by atoms with E-state index in [1.54, 1.807) is 13.2 Å². The van der Waals surface area contributed by atoms with Crippen LogP contribution in [-0.4, -0.2) is 25.6 Å². The molecule has 3 unspecified atom stereocenters. The fourth-order valence-electron chi connectivity index (χ4n) is 2.69. The molecule has 0 bridgehead atoms. The molecule has 1 saturated heterocycles. The summed E-state index contributed by atoms with van der Waals surface area (Å²) in [6.45, 7) is 4.40. The first kappa shape index (κ1) is 14.5. The van der Waals surface area contributed by atoms with Crippen LogP contribution in [0, 0.1) is 24.2 Å². The first-order chi connectivity index (χ1) is 9.58. The molecule has 4 heteroatoms. The van der Waals surface area contributed by atoms with Gasteiger partial charge in [-0.25, -0.2) is 0 Å². The quantitative estimate of drug-likeness (QED) is 0.846. The van der Waals surface area contributed by atoms with Crippen LogP contribution in [0.4, 0.5) is 0 Å². The molecular weight excluding hydrogens is 254 g/mol. The first-order valence-electron chi connectivity index (χ1n) is 6.78. The number of carbonyl (C=O) groups is 1. The summed E-state index contributed by atoms with van der Waals surface area (Å²) in [5.41, 5.74) is 1.66. The molecule has 0 aromatic heterocycles. The molecule has 20 heavy (non-hydrogen) atoms. The van der Waals surface area contributed by atoms with Crippen LogP contribution < -0.4 is 4.74 Å². The Morgan fingerprint density at radius 1 is 1.55 bits per heavy atom. The standard InChI is InChI=1S/C16H19NO3/c1-10-4-5-15(19-3)13(8-10)14(9-17)16(18)12-6-7-20-11(12)2/h4-5,8,11-12,14H,6-7H2,1-3H3. The van der Waals surface area contributed by atoms with E-state index >= 15 is 0 Å². The van der Waals surface area contributed by atoms with E-state index in [-0.39, 0.29) is 17.8 Å². The van der Waals surface area contributed by atoms with Gasteiger partial charge >= 0.3 is 0 Å². The van der Waals surface area contributed by atoms with Crippen LogP contribution in [0.5, 0.6) is 5.75 Å². The van der Waals surface area contributed by atoms with Crippen molar-refractivity contribution in [2.24, 2.45) is 5.92 Å². The smallest absolute Gasteiger partial charge is 0.160 e. The third-order valence-corrected chi connectivity index (χ3v) is 3.85. The van der Waals surface area contributed by atoms with Crippen molar-refractivity contribution >= 4 is 5.78 Å². The second-order valence-corrected chi connectivity index (χ2v) is 5.18. The molecule has 0 aliphatic carbocycles. The number of carbonyl (C=O) groups excluding carboxylic acids is 1. The van der Waals surface area contributed by atoms with Gasteiger partial charge in [0.2, 0.25) is 0 Å². The molecular formula is C16H19NO3. The number of Topliss-reactive ketones (excluding diaryl/α,β-unsaturated/α-hetero) is 1. The van der Waals surface area contributed by atoms with Gasteiger partial charge in [-0.3, -0.25) is 4.79 Å². The number of hydrogen-bond acceptors (Lipinski definition) is 4. The Morgan fingerprint density at radius 3 is 2.85 bits per heavy atom. The second-order valence-electron chi connectivity index (χ2n) is 5.18. The molecule has 2 rings (SSSR count). The second kappa shape index (κ2) is 6.06. The summed E-state index contributed by atoms with van der Waals surface area (Å²) in [4.78, 5) is 12.6. The highest BCUT2D eigenvalue weighted by atomic mass is 16.5. The number of rotatable bonds is 4. The molecule has 0 saturated carbocycles. The van der Waals surface area contributed by atoms with E-state index in [1.807, 2.05) is 26.0 Å². The van der Waals surface area contributed by atoms with Gasteiger partial charge in [-0.15, -0.1) is 0 Å². The minimum absolute atomic E-state index is 0.0681. The van der Waals surface area contributed by atoms with Gasteiger partial charge in [-0.1, -0.05) is 17.7 Å². The van der Waals surface area contributed by atoms with Gasteiger partial charge in [0.15, 0.2) is 5.78 Å². The molecule has 1 aliphatic rings. The van der Waals surface area contributed by atoms with Crippen molar-refractivity contribution < 1.29 is 14.3 Å². The number of ketones is 1. The molecule has 0 amide bonds. The summed E-state index contributed by atoms with van der Waals surface area (Å²) in [6.07, 6.45) is 0.570. The highest BCUT2D eigenvalue weighted by Gasteiger charge is 2.36. The maximum Gasteiger partial charge on any atom is 0.160 e. The predicted octanol–water partition coefficient (Wildman–Crippen LogP) is 2.60. The van der Waals surface area contributed by atoms with Gasteiger partial charge < -0.3 is 9.47 Å². The lowest BCUT2D eigenvalue weighted by Gasteiger charge is -2.18. The normalized spacial score (nSPS) is 23.1. The summed E-state index contributed by atoms with van der Waals surface area (Å²) in [5, 5.41) is 9.44. The lowest BCUT2D eigenvalue weighted by molar-refractivity contribution is -0.124. The SMILES string of the molecule is COc1ccc(C)cc1C(C#N)C(=O)C1CCOC1C. The van der Waals surface area contributed by atoms with Crippen LogP contribution >= 0.6 is 0 Å². The molecule has 0 radical (unpaired) electrons. The fourth-order valence-corrected chi connectivity index (χ4v) is 2.69. The third-order valence-electron chi connectivity index (χ3n) is 3.85. The van der Waals surface area contributed by atoms with E-state index in [9.17, 15) is 10.1 Å². The van der Waals surface area contributed by atoms with Crippen molar-refractivity contribution in [3.8, 4) is 11.8 Å². The van der Waals surface area contributed by atoms with Gasteiger partial charge in [-0.2, -0.15) is 5.26 Å². The Balaban J connectivity index is 2.35. The molecule has 1 aromatic rings. The van der Waals surface area contributed by atoms with Gasteiger partial charge in [-0.05, 0) is 26.3 Å². The van der Waals surface area contributed by atoms with Crippen LogP contribution in [0.15, 0.2) is 18.2 Å². The van der Waals surface area contributed by atoms with Gasteiger partial charge in [0.05, 0.1) is 19.3 Å². The summed E-state index contributed by atoms with van der Waals surface area (Å²) in [5.74, 6) is -0.479. The number of aryl methyl sites for hydroxylation is 1. The van der Waals surface area contributed by atoms with E-state index < -0.39 is 5.92 Å². The lowest BCUT2D eigenvalue weighted by Crippen LogP contribution is -2.26. The van der Waals surface area contributed by atoms with E-state index in [0.29, 0.717) is 24.3 Å². The zero-order valence-corrected chi connectivity index (χ0v) is 12.1. The zero-order chi connectivity index (χ0) is 14.7. The van der Waals surface area contributed by atoms with E-state index in [2.05, 4.69) is 6.07 Å². The number of nitriles is 1. The average molecular weight is 273 g/mol. The van der Waals surface area contributed by atoms with E-state index in [1.165, 1.54) is 0 Å². The largest absolute Gasteiger partial charge is 0.496 e. The molecule has 1 aromatic carbocycles. The Morgan fingerprint density at radius 2 is 2.30 bits per heavy atom. The summed E-state index contributed by atoms with van der Waals surface area (Å²) in [6, 6.07) is 7.69. The molecule has 106 valence electrons. The van der Waals surface area contributed by atoms with Gasteiger partial charge in [0.25, 0.3) is 0 Å². The Hall–Kier alpha value is -1.86. The summed E-state index contributed by atoms with van der Waals surface area (Å²) >= 11 is 0. The van der Waals surface area contributed by atoms with Crippen molar-refractivity contribution in [2.45, 2.75) is 32.3 Å². The number of methoxy groups -OCH3 is 1. The van der Waals surface area contributed by atoms with Crippen LogP contribution in [0.3, 0.4) is 0 Å². The number of hydrogen-bond donors (Lipinski definition) is 0. The highest BCUT2D eigenvalue weighted by molar-refractivity contribution is 5.91. The van der Waals surface area contributed by atoms with Crippen LogP contribution in [0.1, 0.15) is 30.4 Å². The molecule has 0 spiro atoms. The topological polar surface area (TPSA) is 59.3 Å². The molecule has 4 nitrogen and oxygen atoms in total. The molecule has 1 aliphatic heterocycles. The lowest BCUT2D eigenvalue weighted by atomic mass is 9.84. The van der Waals surface area contributed by atoms with Crippen LogP contribution in [0.25, 0.3) is 0 Å². The predicted molar refractivity (Wildman–Crippen MR) is 74.6 cm³/mol. The molecule has 0 N–H and O–H groups in total. The molecule has 1 heterocycles. The third kappa shape index (κ3) is 2.68. The number of benzene rings is 1. The highest BCUT2D eigenvalue weighted by Crippen LogP contribution is 2.33. The van der Waals surface area contributed by atoms with E-state index in [0.717, 1.165) is 5.56 Å². The Kier molecular flexibility index (Phi) is 4.41. The number of ether oxygens (including phenoxy) is 2. The minimum atomic E-state index is -0.793. The van der Waals surface area contributed by atoms with E-state index in [4.69, 9.17) is 9.47 Å². The number of nitrogens with zero attached hydrogens (tertiary/aromatic N) is 1. The summed E-state index contributed by atoms with van der Waals surface area (Å²) in [7, 11) is 1.55. The van der Waals surface area contributed by atoms with Crippen LogP contribution in [-0.2, 0) is 9.53 Å². The monoisotopic (exact) mass is 273 g/mol. The average Bonchev–Trinajstić information content (AvgIpc) is 2.86. The Labute approximate surface area is 119 Å². The van der Waals surface area contributed by atoms with Crippen molar-refractivity contribution in [3.05, 3.63) is 29.3 Å². The molecule has 3 atom stereocenters. The fraction of sp³-hybridized carbons (Fsp3) is 0.500. The van der Waals surface area contributed by atoms with Crippen molar-refractivity contribution in [1.82, 2.24) is 0 Å². The van der Waals surface area contributed by atoms with Gasteiger partial charge in [0.1, 0.15) is 11.7 Å². The van der Waals surface area contributed by atoms with Crippen molar-refractivity contribution in [2.75, 3.05) is 13.7 Å². The Bertz CT molecular complexity index is 547. The van der Waals surface area contributed by atoms with Crippen LogP contribution in [0.2, 0.25) is 0 Å². The minimum Gasteiger partial charge on any atom is -0.496 e. The van der Waals surface area contributed by atoms with Crippen molar-refractivity contribution in [3.63, 3.8) is 0 Å². The first-order valence-corrected chi connectivity index (χ1v) is 6.78. The van der Waals surface area contributed by atoms with Crippen molar-refractivity contribution in [1.29, 1.82) is 5.26 Å². The molecule has 1 fully saturated rings. The maximum atomic E-state index is 12.6. The zero-order valence-electron chi connectivity index (χ0n) is 12.1. The summed E-state index contributed by atoms with van der Waals surface area (Å²) < 4.78 is 10.7. The van der Waals surface area contributed by atoms with Gasteiger partial charge in [0, 0.05) is 18.1 Å². The maximum absolute atomic E-state index is 12.6.